The van der Waals surface area contributed by atoms with Gasteiger partial charge in [0.25, 0.3) is 0 Å². The lowest BCUT2D eigenvalue weighted by Crippen LogP contribution is -2.29. The summed E-state index contributed by atoms with van der Waals surface area (Å²) in [5.41, 5.74) is 0. The van der Waals surface area contributed by atoms with Crippen molar-refractivity contribution in [2.75, 3.05) is 13.2 Å². The van der Waals surface area contributed by atoms with Gasteiger partial charge < -0.3 is 24.4 Å². The highest BCUT2D eigenvalue weighted by Gasteiger charge is 2.22. The number of rotatable bonds is 37. The van der Waals surface area contributed by atoms with Crippen molar-refractivity contribution >= 4 is 19.8 Å². The number of unbranched alkanes of at least 4 members (excludes halogenated alkanes) is 13. The summed E-state index contributed by atoms with van der Waals surface area (Å²) in [5, 5.41) is 10.1. The first-order valence-electron chi connectivity index (χ1n) is 21.2. The molecule has 0 aliphatic rings. The Morgan fingerprint density at radius 1 is 0.618 bits per heavy atom. The van der Waals surface area contributed by atoms with Crippen LogP contribution in [-0.2, 0) is 28.2 Å². The zero-order chi connectivity index (χ0) is 40.7. The van der Waals surface area contributed by atoms with Crippen LogP contribution in [0.25, 0.3) is 0 Å². The molecule has 0 spiro atoms. The molecule has 0 aliphatic carbocycles. The number of ether oxygens (including phenoxy) is 2. The molecule has 0 heterocycles. The average molecular weight is 793 g/mol. The van der Waals surface area contributed by atoms with Gasteiger partial charge in [-0.1, -0.05) is 184 Å². The number of phosphoric acid groups is 1. The van der Waals surface area contributed by atoms with E-state index in [4.69, 9.17) is 19.3 Å². The first-order valence-corrected chi connectivity index (χ1v) is 22.7. The summed E-state index contributed by atoms with van der Waals surface area (Å²) in [4.78, 5) is 42.8. The fraction of sp³-hybridized carbons (Fsp3) is 0.689. The molecule has 0 radical (unpaired) electrons. The predicted molar refractivity (Wildman–Crippen MR) is 226 cm³/mol. The summed E-state index contributed by atoms with van der Waals surface area (Å²) in [6.45, 7) is 5.76. The molecule has 0 aliphatic heterocycles. The minimum Gasteiger partial charge on any atom is -0.462 e. The summed E-state index contributed by atoms with van der Waals surface area (Å²) in [6, 6.07) is 0. The van der Waals surface area contributed by atoms with Crippen LogP contribution in [0, 0.1) is 5.92 Å². The van der Waals surface area contributed by atoms with Crippen molar-refractivity contribution in [1.29, 1.82) is 0 Å². The zero-order valence-electron chi connectivity index (χ0n) is 34.6. The predicted octanol–water partition coefficient (Wildman–Crippen LogP) is 11.9. The first-order chi connectivity index (χ1) is 26.5. The Morgan fingerprint density at radius 3 is 1.69 bits per heavy atom. The van der Waals surface area contributed by atoms with Crippen LogP contribution >= 0.6 is 7.82 Å². The molecule has 2 atom stereocenters. The molecule has 3 N–H and O–H groups in total. The van der Waals surface area contributed by atoms with E-state index in [0.29, 0.717) is 19.3 Å². The Balaban J connectivity index is 4.14. The van der Waals surface area contributed by atoms with Crippen LogP contribution in [-0.4, -0.2) is 52.3 Å². The van der Waals surface area contributed by atoms with Gasteiger partial charge in [-0.3, -0.25) is 14.1 Å². The molecular weight excluding hydrogens is 715 g/mol. The molecule has 1 unspecified atom stereocenters. The number of allylic oxidation sites excluding steroid dienone is 10. The van der Waals surface area contributed by atoms with Crippen LogP contribution < -0.4 is 0 Å². The van der Waals surface area contributed by atoms with Gasteiger partial charge in [-0.2, -0.15) is 0 Å². The molecule has 0 aromatic carbocycles. The number of aliphatic hydroxyl groups excluding tert-OH is 1. The van der Waals surface area contributed by atoms with Crippen molar-refractivity contribution < 1.29 is 43.0 Å². The van der Waals surface area contributed by atoms with Crippen molar-refractivity contribution in [2.24, 2.45) is 5.92 Å². The number of hydrogen-bond donors (Lipinski definition) is 3. The summed E-state index contributed by atoms with van der Waals surface area (Å²) in [7, 11) is -4.81. The fourth-order valence-electron chi connectivity index (χ4n) is 5.61. The SMILES string of the molecule is CC/C=C\C/C=C\C/C=C\C/C=C\C=C/C(O)C/C=C\CCC(=O)O[C@H](COC(=O)CCCCCCCCCCCCCCCCC(C)C)COP(=O)(O)O. The second-order valence-electron chi connectivity index (χ2n) is 14.6. The number of aliphatic hydroxyl groups is 1. The molecule has 0 saturated carbocycles. The number of hydrogen-bond acceptors (Lipinski definition) is 7. The second kappa shape index (κ2) is 38.3. The molecular formula is C45H77O9P. The Labute approximate surface area is 334 Å². The molecule has 10 heteroatoms. The highest BCUT2D eigenvalue weighted by molar-refractivity contribution is 7.46. The molecule has 0 rings (SSSR count). The molecule has 316 valence electrons. The Kier molecular flexibility index (Phi) is 36.6. The van der Waals surface area contributed by atoms with E-state index < -0.39 is 38.6 Å². The van der Waals surface area contributed by atoms with E-state index in [9.17, 15) is 19.3 Å². The van der Waals surface area contributed by atoms with Crippen LogP contribution in [0.5, 0.6) is 0 Å². The van der Waals surface area contributed by atoms with E-state index in [1.165, 1.54) is 70.6 Å². The van der Waals surface area contributed by atoms with E-state index in [1.54, 1.807) is 24.3 Å². The van der Waals surface area contributed by atoms with Crippen molar-refractivity contribution in [2.45, 2.75) is 181 Å². The van der Waals surface area contributed by atoms with Gasteiger partial charge in [-0.25, -0.2) is 4.57 Å². The summed E-state index contributed by atoms with van der Waals surface area (Å²) in [6.07, 6.45) is 45.2. The largest absolute Gasteiger partial charge is 0.469 e. The molecule has 0 amide bonds. The minimum absolute atomic E-state index is 0.00340. The lowest BCUT2D eigenvalue weighted by molar-refractivity contribution is -0.161. The summed E-state index contributed by atoms with van der Waals surface area (Å²) in [5.74, 6) is -0.245. The van der Waals surface area contributed by atoms with Gasteiger partial charge >= 0.3 is 19.8 Å². The van der Waals surface area contributed by atoms with Crippen LogP contribution in [0.2, 0.25) is 0 Å². The third-order valence-corrected chi connectivity index (χ3v) is 9.25. The normalized spacial score (nSPS) is 13.9. The van der Waals surface area contributed by atoms with Gasteiger partial charge in [-0.15, -0.1) is 0 Å². The van der Waals surface area contributed by atoms with E-state index in [0.717, 1.165) is 50.9 Å². The summed E-state index contributed by atoms with van der Waals surface area (Å²) < 4.78 is 26.3. The maximum atomic E-state index is 12.4. The van der Waals surface area contributed by atoms with Crippen LogP contribution in [0.1, 0.15) is 168 Å². The van der Waals surface area contributed by atoms with Gasteiger partial charge in [-0.05, 0) is 50.9 Å². The molecule has 0 aromatic rings. The molecule has 9 nitrogen and oxygen atoms in total. The van der Waals surface area contributed by atoms with E-state index in [-0.39, 0.29) is 19.4 Å². The Hall–Kier alpha value is -2.55. The maximum Gasteiger partial charge on any atom is 0.469 e. The number of esters is 2. The van der Waals surface area contributed by atoms with Crippen LogP contribution in [0.4, 0.5) is 0 Å². The maximum absolute atomic E-state index is 12.4. The third-order valence-electron chi connectivity index (χ3n) is 8.76. The van der Waals surface area contributed by atoms with Crippen molar-refractivity contribution in [3.63, 3.8) is 0 Å². The highest BCUT2D eigenvalue weighted by atomic mass is 31.2. The number of phosphoric ester groups is 1. The molecule has 55 heavy (non-hydrogen) atoms. The van der Waals surface area contributed by atoms with Crippen LogP contribution in [0.15, 0.2) is 72.9 Å². The van der Waals surface area contributed by atoms with Gasteiger partial charge in [0.15, 0.2) is 6.10 Å². The topological polar surface area (TPSA) is 140 Å². The Bertz CT molecular complexity index is 1150. The van der Waals surface area contributed by atoms with Gasteiger partial charge in [0.2, 0.25) is 0 Å². The van der Waals surface area contributed by atoms with E-state index in [2.05, 4.69) is 61.8 Å². The van der Waals surface area contributed by atoms with Crippen molar-refractivity contribution in [3.8, 4) is 0 Å². The van der Waals surface area contributed by atoms with Crippen molar-refractivity contribution in [3.05, 3.63) is 72.9 Å². The second-order valence-corrected chi connectivity index (χ2v) is 15.9. The number of carbonyl (C=O) groups is 2. The lowest BCUT2D eigenvalue weighted by atomic mass is 10.0. The van der Waals surface area contributed by atoms with Gasteiger partial charge in [0.05, 0.1) is 12.7 Å². The smallest absolute Gasteiger partial charge is 0.462 e. The third kappa shape index (κ3) is 42.4. The molecule has 0 fully saturated rings. The van der Waals surface area contributed by atoms with Crippen LogP contribution in [0.3, 0.4) is 0 Å². The quantitative estimate of drug-likeness (QED) is 0.0184. The highest BCUT2D eigenvalue weighted by Crippen LogP contribution is 2.36. The standard InChI is InChI=1S/C45H77O9P/c1-4-5-6-7-8-9-10-13-17-20-23-26-30-35-42(46)36-31-28-33-38-45(48)54-43(40-53-55(49,50)51)39-52-44(47)37-32-27-24-21-18-15-12-11-14-16-19-22-25-29-34-41(2)3/h5-6,8-9,13,17,23,26,28,30-31,35,41-43,46H,4,7,10-12,14-16,18-22,24-25,27,29,32-34,36-40H2,1-3H3,(H2,49,50,51)/b6-5-,9-8-,17-13-,26-23-,31-28-,35-30-/t42?,43-/m1/s1. The first kappa shape index (κ1) is 52.5. The monoisotopic (exact) mass is 793 g/mol. The average Bonchev–Trinajstić information content (AvgIpc) is 3.13. The van der Waals surface area contributed by atoms with Gasteiger partial charge in [0, 0.05) is 12.8 Å². The van der Waals surface area contributed by atoms with E-state index in [1.807, 2.05) is 12.2 Å². The van der Waals surface area contributed by atoms with Gasteiger partial charge in [0.1, 0.15) is 6.61 Å². The summed E-state index contributed by atoms with van der Waals surface area (Å²) >= 11 is 0. The molecule has 0 aromatic heterocycles. The lowest BCUT2D eigenvalue weighted by Gasteiger charge is -2.18. The van der Waals surface area contributed by atoms with E-state index >= 15 is 0 Å². The van der Waals surface area contributed by atoms with Crippen molar-refractivity contribution in [1.82, 2.24) is 0 Å². The fourth-order valence-corrected chi connectivity index (χ4v) is 5.97. The zero-order valence-corrected chi connectivity index (χ0v) is 35.5. The Morgan fingerprint density at radius 2 is 1.15 bits per heavy atom. The molecule has 0 bridgehead atoms. The minimum atomic E-state index is -4.81. The molecule has 0 saturated heterocycles. The number of carbonyl (C=O) groups excluding carboxylic acids is 2.